The van der Waals surface area contributed by atoms with E-state index < -0.39 is 100 Å². The third-order valence-corrected chi connectivity index (χ3v) is 14.9. The summed E-state index contributed by atoms with van der Waals surface area (Å²) in [6, 6.07) is 11.2. The van der Waals surface area contributed by atoms with Crippen molar-refractivity contribution in [2.45, 2.75) is 153 Å². The molecule has 61 heavy (non-hydrogen) atoms. The number of aliphatic hydroxyl groups excluding tert-OH is 2. The van der Waals surface area contributed by atoms with Gasteiger partial charge in [-0.3, -0.25) is 14.4 Å². The van der Waals surface area contributed by atoms with Crippen molar-refractivity contribution in [2.75, 3.05) is 6.61 Å². The zero-order chi connectivity index (χ0) is 44.1. The second-order valence-electron chi connectivity index (χ2n) is 17.8. The van der Waals surface area contributed by atoms with E-state index >= 15 is 4.79 Å². The molecule has 1 aromatic heterocycles. The molecule has 1 aromatic carbocycles. The molecule has 16 heteroatoms. The summed E-state index contributed by atoms with van der Waals surface area (Å²) in [5.74, 6) is -4.62. The molecule has 11 atom stereocenters. The van der Waals surface area contributed by atoms with Gasteiger partial charge < -0.3 is 49.1 Å². The Morgan fingerprint density at radius 3 is 2.33 bits per heavy atom. The summed E-state index contributed by atoms with van der Waals surface area (Å²) < 4.78 is 36.7. The van der Waals surface area contributed by atoms with Crippen LogP contribution in [0.15, 0.2) is 59.0 Å². The normalized spacial score (nSPS) is 34.0. The lowest BCUT2D eigenvalue weighted by Crippen LogP contribution is -2.81. The van der Waals surface area contributed by atoms with Gasteiger partial charge in [-0.1, -0.05) is 57.2 Å². The third-order valence-electron chi connectivity index (χ3n) is 14.0. The number of aliphatic hydroxyl groups is 3. The Balaban J connectivity index is 1.35. The van der Waals surface area contributed by atoms with E-state index in [1.54, 1.807) is 45.2 Å². The highest BCUT2D eigenvalue weighted by Crippen LogP contribution is 2.64. The van der Waals surface area contributed by atoms with E-state index in [9.17, 15) is 34.5 Å². The van der Waals surface area contributed by atoms with E-state index in [2.05, 4.69) is 5.32 Å². The maximum absolute atomic E-state index is 15.6. The first kappa shape index (κ1) is 44.9. The van der Waals surface area contributed by atoms with Gasteiger partial charge in [0, 0.05) is 42.4 Å². The topological polar surface area (TPSA) is 213 Å². The number of ketones is 1. The van der Waals surface area contributed by atoms with Gasteiger partial charge in [0.2, 0.25) is 0 Å². The quantitative estimate of drug-likeness (QED) is 0.128. The first-order chi connectivity index (χ1) is 28.9. The van der Waals surface area contributed by atoms with Crippen LogP contribution in [0.4, 0.5) is 4.79 Å². The van der Waals surface area contributed by atoms with Gasteiger partial charge in [-0.15, -0.1) is 11.3 Å². The highest BCUT2D eigenvalue weighted by molar-refractivity contribution is 7.10. The molecule has 4 aliphatic carbocycles. The molecule has 1 aliphatic heterocycles. The molecule has 1 unspecified atom stereocenters. The lowest BCUT2D eigenvalue weighted by molar-refractivity contribution is -0.351. The van der Waals surface area contributed by atoms with Crippen LogP contribution in [0.5, 0.6) is 0 Å². The number of rotatable bonds is 12. The Hall–Kier alpha value is -4.19. The van der Waals surface area contributed by atoms with Crippen LogP contribution < -0.4 is 5.32 Å². The lowest BCUT2D eigenvalue weighted by atomic mass is 9.44. The van der Waals surface area contributed by atoms with Crippen LogP contribution in [0, 0.1) is 16.7 Å². The van der Waals surface area contributed by atoms with Gasteiger partial charge in [0.1, 0.15) is 30.0 Å². The highest BCUT2D eigenvalue weighted by atomic mass is 32.1. The monoisotopic (exact) mass is 867 g/mol. The number of esters is 3. The van der Waals surface area contributed by atoms with E-state index in [1.165, 1.54) is 25.2 Å². The van der Waals surface area contributed by atoms with E-state index in [1.807, 2.05) is 30.3 Å². The zero-order valence-corrected chi connectivity index (χ0v) is 36.2. The number of thiophene rings is 1. The summed E-state index contributed by atoms with van der Waals surface area (Å²) in [5, 5.41) is 41.9. The van der Waals surface area contributed by atoms with Gasteiger partial charge >= 0.3 is 24.0 Å². The van der Waals surface area contributed by atoms with Crippen LogP contribution >= 0.6 is 11.3 Å². The second kappa shape index (κ2) is 17.2. The number of Topliss-reactive ketones (excluding diaryl/α,β-unsaturated/α-hetero) is 1. The summed E-state index contributed by atoms with van der Waals surface area (Å²) in [6.07, 6.45) is -7.26. The summed E-state index contributed by atoms with van der Waals surface area (Å²) in [4.78, 5) is 69.7. The van der Waals surface area contributed by atoms with Crippen molar-refractivity contribution in [3.63, 3.8) is 0 Å². The molecule has 332 valence electrons. The molecule has 4 N–H and O–H groups in total. The molecule has 7 rings (SSSR count). The lowest BCUT2D eigenvalue weighted by Gasteiger charge is -2.67. The fourth-order valence-corrected chi connectivity index (χ4v) is 11.4. The Kier molecular flexibility index (Phi) is 12.6. The Morgan fingerprint density at radius 1 is 1.02 bits per heavy atom. The molecule has 2 bridgehead atoms. The van der Waals surface area contributed by atoms with Gasteiger partial charge in [-0.25, -0.2) is 9.59 Å². The number of benzene rings is 1. The van der Waals surface area contributed by atoms with Crippen molar-refractivity contribution < 1.29 is 67.7 Å². The predicted octanol–water partition coefficient (Wildman–Crippen LogP) is 4.79. The fraction of sp³-hybridized carbons (Fsp3) is 0.622. The minimum Gasteiger partial charge on any atom is -0.456 e. The van der Waals surface area contributed by atoms with Gasteiger partial charge in [0.05, 0.1) is 30.8 Å². The number of fused-ring (bicyclic) bond motifs is 5. The standard InChI is InChI=1S/C45H57NO14S/c1-7-32(49)59-36-33-24(2)28(58-40(52)35(50)34(29-18-13-19-61-29)46-41(53)57-27-16-11-12-17-27)21-45(54,42(33,4)5)39(55-22-26-14-9-8-10-15-26)37-43(6,38(36)51)30(48)20-31-44(37,23-56-31)60-25(3)47/h8-10,13-15,18-19,27-28,30-31,34-37,39,48,50,54H,7,11-12,16-17,20-23H2,1-6H3,(H,46,53)/t28-,30-,31+,34-,35+,36+,37?,39-,43+,44-,45+/m0/s1. The maximum Gasteiger partial charge on any atom is 0.408 e. The average molecular weight is 868 g/mol. The number of nitrogens with one attached hydrogen (secondary N) is 1. The van der Waals surface area contributed by atoms with Crippen LogP contribution in [0.1, 0.15) is 103 Å². The molecular weight excluding hydrogens is 811 g/mol. The number of hydrogen-bond donors (Lipinski definition) is 4. The van der Waals surface area contributed by atoms with E-state index in [0.29, 0.717) is 23.3 Å². The molecule has 0 radical (unpaired) electrons. The molecule has 2 heterocycles. The van der Waals surface area contributed by atoms with Gasteiger partial charge in [0.25, 0.3) is 0 Å². The van der Waals surface area contributed by atoms with Crippen molar-refractivity contribution >= 4 is 41.1 Å². The van der Waals surface area contributed by atoms with Crippen LogP contribution in [-0.4, -0.2) is 106 Å². The fourth-order valence-electron chi connectivity index (χ4n) is 10.6. The van der Waals surface area contributed by atoms with Crippen molar-refractivity contribution in [1.82, 2.24) is 5.32 Å². The Morgan fingerprint density at radius 2 is 1.72 bits per heavy atom. The molecule has 15 nitrogen and oxygen atoms in total. The summed E-state index contributed by atoms with van der Waals surface area (Å²) in [6.45, 7) is 8.98. The van der Waals surface area contributed by atoms with E-state index in [-0.39, 0.29) is 49.7 Å². The van der Waals surface area contributed by atoms with Crippen LogP contribution in [0.3, 0.4) is 0 Å². The largest absolute Gasteiger partial charge is 0.456 e. The van der Waals surface area contributed by atoms with Crippen LogP contribution in [0.25, 0.3) is 0 Å². The van der Waals surface area contributed by atoms with Crippen molar-refractivity contribution in [1.29, 1.82) is 0 Å². The zero-order valence-electron chi connectivity index (χ0n) is 35.4. The van der Waals surface area contributed by atoms with Gasteiger partial charge in [0.15, 0.2) is 23.6 Å². The summed E-state index contributed by atoms with van der Waals surface area (Å²) >= 11 is 1.20. The number of alkyl carbamates (subject to hydrolysis) is 1. The number of carbonyl (C=O) groups is 5. The van der Waals surface area contributed by atoms with Crippen molar-refractivity contribution in [2.24, 2.45) is 16.7 Å². The molecular formula is C45H57NO14S. The number of carbonyl (C=O) groups excluding carboxylic acids is 5. The van der Waals surface area contributed by atoms with Crippen molar-refractivity contribution in [3.8, 4) is 0 Å². The van der Waals surface area contributed by atoms with Gasteiger partial charge in [-0.05, 0) is 67.7 Å². The minimum atomic E-state index is -2.14. The minimum absolute atomic E-state index is 0.0942. The van der Waals surface area contributed by atoms with E-state index in [0.717, 1.165) is 12.8 Å². The second-order valence-corrected chi connectivity index (χ2v) is 18.8. The van der Waals surface area contributed by atoms with Crippen LogP contribution in [-0.2, 0) is 54.2 Å². The smallest absolute Gasteiger partial charge is 0.408 e. The SMILES string of the molecule is CCC(=O)O[C@H]1C(=O)[C@@]2(C)C([C@H](OCc3ccccc3)[C@]3(O)C[C@H](OC(=O)[C@H](O)[C@@H](NC(=O)OC4CCCC4)c4cccs4)C(C)=C1C3(C)C)[C@]1(OC(C)=O)CO[C@@H]1C[C@@H]2O. The molecule has 0 spiro atoms. The first-order valence-corrected chi connectivity index (χ1v) is 22.0. The molecule has 2 aromatic rings. The molecule has 4 fully saturated rings. The average Bonchev–Trinajstić information content (AvgIpc) is 3.95. The number of amides is 1. The molecule has 1 saturated heterocycles. The maximum atomic E-state index is 15.6. The summed E-state index contributed by atoms with van der Waals surface area (Å²) in [7, 11) is 0. The molecule has 5 aliphatic rings. The van der Waals surface area contributed by atoms with Gasteiger partial charge in [-0.2, -0.15) is 0 Å². The summed E-state index contributed by atoms with van der Waals surface area (Å²) in [5.41, 5.74) is -6.00. The van der Waals surface area contributed by atoms with Crippen LogP contribution in [0.2, 0.25) is 0 Å². The van der Waals surface area contributed by atoms with E-state index in [4.69, 9.17) is 28.4 Å². The third kappa shape index (κ3) is 7.81. The number of ether oxygens (including phenoxy) is 6. The first-order valence-electron chi connectivity index (χ1n) is 21.1. The molecule has 1 amide bonds. The number of hydrogen-bond acceptors (Lipinski definition) is 15. The molecule has 3 saturated carbocycles. The predicted molar refractivity (Wildman–Crippen MR) is 218 cm³/mol. The Bertz CT molecular complexity index is 2010. The Labute approximate surface area is 359 Å². The highest BCUT2D eigenvalue weighted by Gasteiger charge is 2.77. The van der Waals surface area contributed by atoms with Crippen molar-refractivity contribution in [3.05, 3.63) is 69.4 Å².